The molecule has 1 spiro atoms. The van der Waals surface area contributed by atoms with Crippen LogP contribution in [0.4, 0.5) is 0 Å². The zero-order valence-corrected chi connectivity index (χ0v) is 54.5. The molecule has 0 N–H and O–H groups in total. The van der Waals surface area contributed by atoms with Crippen LogP contribution in [0.3, 0.4) is 0 Å². The van der Waals surface area contributed by atoms with E-state index in [9.17, 15) is 28.8 Å². The minimum atomic E-state index is -0.0463. The van der Waals surface area contributed by atoms with Gasteiger partial charge >= 0.3 is 35.8 Å². The Hall–Kier alpha value is -3.18. The van der Waals surface area contributed by atoms with Crippen LogP contribution in [0, 0.1) is 147 Å². The summed E-state index contributed by atoms with van der Waals surface area (Å²) in [6.45, 7) is 26.8. The normalized spacial score (nSPS) is 47.7. The Kier molecular flexibility index (Phi) is 22.2. The van der Waals surface area contributed by atoms with Gasteiger partial charge in [-0.05, 0) is 242 Å². The number of esters is 6. The van der Waals surface area contributed by atoms with Crippen LogP contribution in [-0.4, -0.2) is 74.5 Å². The van der Waals surface area contributed by atoms with Gasteiger partial charge in [-0.25, -0.2) is 0 Å². The Morgan fingerprint density at radius 2 is 0.964 bits per heavy atom. The second-order valence-electron chi connectivity index (χ2n) is 28.2. The molecular weight excluding hydrogens is 1060 g/mol. The molecule has 21 rings (SSSR count). The van der Waals surface area contributed by atoms with Crippen molar-refractivity contribution in [2.75, 3.05) is 26.4 Å². The van der Waals surface area contributed by atoms with Gasteiger partial charge in [-0.1, -0.05) is 83.1 Å². The third kappa shape index (κ3) is 11.8. The van der Waals surface area contributed by atoms with Gasteiger partial charge in [0.2, 0.25) is 0 Å². The zero-order chi connectivity index (χ0) is 60.3. The van der Waals surface area contributed by atoms with Gasteiger partial charge in [-0.3, -0.25) is 28.8 Å². The molecule has 14 aliphatic carbocycles. The molecule has 12 nitrogen and oxygen atoms in total. The maximum Gasteiger partial charge on any atom is 0.312 e. The number of rotatable bonds is 0. The molecule has 7 heterocycles. The molecule has 0 amide bonds. The fourth-order valence-corrected chi connectivity index (χ4v) is 23.4. The van der Waals surface area contributed by atoms with Gasteiger partial charge in [-0.2, -0.15) is 0 Å². The number of cyclic esters (lactones) is 4. The number of fused-ring (bicyclic) bond motifs is 29. The van der Waals surface area contributed by atoms with E-state index in [1.54, 1.807) is 0 Å². The molecule has 0 aromatic carbocycles. The standard InChI is InChI=1S/C15H20O2.C14H18O2.C10H14O2.C9H12O2.C8H10O2.C4H6O2.6C2H6/c16-14-15(3-4-17-14)7-10-6-11(15)13-9-2-1-8(5-9)12(10)13;15-14-13-9-4-8(10(13)5-16-14)11-6-1-2-7(3-6)12(9)11;11-10-8-2-6-1-7(3-8)5-9(4-6)12-10;10-9-8-6-2-1-5(3-6)7(8)4-11-9;9-8-6-2-4-1-5(6)7(3-4)10-8;5-4-2-1-3-6-4;6*1-2/h8-13H,1-7H2;6-13H,1-5H2;6-9H,1-5H2;5-8H,1-4H2;4-7H,1-3H2;1-3H2;6*1-2H3. The molecule has 0 aromatic heterocycles. The van der Waals surface area contributed by atoms with E-state index in [2.05, 4.69) is 4.74 Å². The van der Waals surface area contributed by atoms with E-state index in [4.69, 9.17) is 23.7 Å². The Bertz CT molecular complexity index is 2220. The van der Waals surface area contributed by atoms with E-state index in [0.717, 1.165) is 153 Å². The van der Waals surface area contributed by atoms with Crippen LogP contribution in [-0.2, 0) is 57.2 Å². The maximum atomic E-state index is 12.2. The van der Waals surface area contributed by atoms with Crippen LogP contribution in [0.15, 0.2) is 0 Å². The van der Waals surface area contributed by atoms with E-state index < -0.39 is 0 Å². The predicted octanol–water partition coefficient (Wildman–Crippen LogP) is 15.1. The highest BCUT2D eigenvalue weighted by Crippen LogP contribution is 2.74. The lowest BCUT2D eigenvalue weighted by molar-refractivity contribution is -0.152. The molecule has 0 aromatic rings. The second kappa shape index (κ2) is 28.5. The van der Waals surface area contributed by atoms with Crippen molar-refractivity contribution < 1.29 is 57.2 Å². The summed E-state index contributed by atoms with van der Waals surface area (Å²) in [6, 6.07) is 0. The summed E-state index contributed by atoms with van der Waals surface area (Å²) in [4.78, 5) is 67.7. The summed E-state index contributed by atoms with van der Waals surface area (Å²) in [5, 5.41) is 0. The first-order chi connectivity index (χ1) is 41.0. The third-order valence-corrected chi connectivity index (χ3v) is 25.5. The molecule has 14 saturated carbocycles. The molecule has 476 valence electrons. The Labute approximate surface area is 507 Å². The monoisotopic (exact) mass is 1170 g/mol. The Morgan fingerprint density at radius 1 is 0.393 bits per heavy atom. The molecule has 21 aliphatic rings. The van der Waals surface area contributed by atoms with Crippen LogP contribution in [0.2, 0.25) is 0 Å². The number of ether oxygens (including phenoxy) is 6. The molecule has 25 atom stereocenters. The average molecular weight is 1170 g/mol. The lowest BCUT2D eigenvalue weighted by Crippen LogP contribution is -2.42. The molecule has 7 aliphatic heterocycles. The SMILES string of the molecule is CC.CC.CC.CC.CC.CC.O=C1CCCO1.O=C1OC2CC3CC(C2)CC1C3.O=C1OC2CC3CC1C2C3.O=C1OCC2C3CC(C12)C1C2CCC(C2)C31.O=C1OCC2C3CCC(C3)C12.O=C1OCCC12CC1CC2C2C3CCC(C3)C12. The molecular formula is C72H116O12. The lowest BCUT2D eigenvalue weighted by atomic mass is 9.60. The van der Waals surface area contributed by atoms with Crippen LogP contribution in [0.1, 0.15) is 231 Å². The highest BCUT2D eigenvalue weighted by atomic mass is 16.6. The van der Waals surface area contributed by atoms with Crippen LogP contribution in [0.25, 0.3) is 0 Å². The van der Waals surface area contributed by atoms with Gasteiger partial charge in [0.15, 0.2) is 0 Å². The molecule has 84 heavy (non-hydrogen) atoms. The topological polar surface area (TPSA) is 158 Å². The number of carbonyl (C=O) groups excluding carboxylic acids is 6. The van der Waals surface area contributed by atoms with Gasteiger partial charge in [0.1, 0.15) is 12.2 Å². The van der Waals surface area contributed by atoms with Gasteiger partial charge in [0.25, 0.3) is 0 Å². The average Bonchev–Trinajstić information content (AvgIpc) is 2.05. The van der Waals surface area contributed by atoms with E-state index in [-0.39, 0.29) is 53.3 Å². The van der Waals surface area contributed by atoms with Gasteiger partial charge in [0, 0.05) is 24.2 Å². The van der Waals surface area contributed by atoms with Crippen molar-refractivity contribution in [3.05, 3.63) is 0 Å². The van der Waals surface area contributed by atoms with E-state index in [1.165, 1.54) is 89.9 Å². The van der Waals surface area contributed by atoms with Crippen molar-refractivity contribution in [2.24, 2.45) is 147 Å². The lowest BCUT2D eigenvalue weighted by Gasteiger charge is -2.42. The fourth-order valence-electron chi connectivity index (χ4n) is 23.4. The van der Waals surface area contributed by atoms with Crippen molar-refractivity contribution in [3.8, 4) is 0 Å². The van der Waals surface area contributed by atoms with Crippen LogP contribution < -0.4 is 0 Å². The maximum absolute atomic E-state index is 12.2. The van der Waals surface area contributed by atoms with E-state index in [0.29, 0.717) is 73.1 Å². The molecule has 7 saturated heterocycles. The van der Waals surface area contributed by atoms with Crippen molar-refractivity contribution in [2.45, 2.75) is 243 Å². The van der Waals surface area contributed by atoms with Crippen LogP contribution >= 0.6 is 0 Å². The third-order valence-electron chi connectivity index (χ3n) is 25.5. The molecule has 12 heteroatoms. The van der Waals surface area contributed by atoms with Gasteiger partial charge in [-0.15, -0.1) is 0 Å². The first-order valence-electron chi connectivity index (χ1n) is 36.1. The minimum Gasteiger partial charge on any atom is -0.466 e. The largest absolute Gasteiger partial charge is 0.466 e. The van der Waals surface area contributed by atoms with Crippen molar-refractivity contribution in [1.29, 1.82) is 0 Å². The van der Waals surface area contributed by atoms with Crippen molar-refractivity contribution >= 4 is 35.8 Å². The van der Waals surface area contributed by atoms with Gasteiger partial charge < -0.3 is 28.4 Å². The molecule has 25 unspecified atom stereocenters. The molecule has 0 radical (unpaired) electrons. The quantitative estimate of drug-likeness (QED) is 0.129. The molecule has 21 fully saturated rings. The smallest absolute Gasteiger partial charge is 0.312 e. The van der Waals surface area contributed by atoms with E-state index >= 15 is 0 Å². The number of hydrogen-bond donors (Lipinski definition) is 0. The summed E-state index contributed by atoms with van der Waals surface area (Å²) < 4.78 is 30.8. The van der Waals surface area contributed by atoms with Crippen molar-refractivity contribution in [1.82, 2.24) is 0 Å². The summed E-state index contributed by atoms with van der Waals surface area (Å²) in [7, 11) is 0. The second-order valence-corrected chi connectivity index (χ2v) is 28.2. The van der Waals surface area contributed by atoms with Gasteiger partial charge in [0.05, 0.1) is 55.5 Å². The minimum absolute atomic E-state index is 0.00366. The fraction of sp³-hybridized carbons (Fsp3) is 0.917. The number of carbonyl (C=O) groups is 6. The zero-order valence-electron chi connectivity index (χ0n) is 54.5. The first-order valence-corrected chi connectivity index (χ1v) is 36.1. The van der Waals surface area contributed by atoms with Crippen molar-refractivity contribution in [3.63, 3.8) is 0 Å². The van der Waals surface area contributed by atoms with Crippen LogP contribution in [0.5, 0.6) is 0 Å². The Morgan fingerprint density at radius 3 is 1.52 bits per heavy atom. The summed E-state index contributed by atoms with van der Waals surface area (Å²) in [6.07, 6.45) is 29.4. The highest BCUT2D eigenvalue weighted by molar-refractivity contribution is 5.80. The highest BCUT2D eigenvalue weighted by Gasteiger charge is 2.71. The summed E-state index contributed by atoms with van der Waals surface area (Å²) >= 11 is 0. The summed E-state index contributed by atoms with van der Waals surface area (Å²) in [5.74, 6) is 18.7. The first kappa shape index (κ1) is 65.3. The number of hydrogen-bond acceptors (Lipinski definition) is 12. The van der Waals surface area contributed by atoms with E-state index in [1.807, 2.05) is 83.1 Å². The predicted molar refractivity (Wildman–Crippen MR) is 324 cm³/mol. The molecule has 16 bridgehead atoms. The summed E-state index contributed by atoms with van der Waals surface area (Å²) in [5.41, 5.74) is -0.00366. The Balaban J connectivity index is 0.000000119.